The zero-order chi connectivity index (χ0) is 16.3. The van der Waals surface area contributed by atoms with E-state index in [0.717, 1.165) is 17.7 Å². The van der Waals surface area contributed by atoms with Gasteiger partial charge in [0.1, 0.15) is 0 Å². The minimum absolute atomic E-state index is 0.00465. The average molecular weight is 302 g/mol. The Labute approximate surface area is 133 Å². The Kier molecular flexibility index (Phi) is 4.89. The standard InChI is InChI=1S/C18H26N2O2/c1-13-8-6-7-9-15(13)16-10-14(22-19-16)12-20(5)17(21)11-18(2,3)4/h6-9,14H,10-12H2,1-5H3. The van der Waals surface area contributed by atoms with Gasteiger partial charge in [0.05, 0.1) is 12.3 Å². The van der Waals surface area contributed by atoms with E-state index < -0.39 is 0 Å². The number of carbonyl (C=O) groups excluding carboxylic acids is 1. The predicted octanol–water partition coefficient (Wildman–Crippen LogP) is 3.38. The predicted molar refractivity (Wildman–Crippen MR) is 88.9 cm³/mol. The van der Waals surface area contributed by atoms with Crippen LogP contribution >= 0.6 is 0 Å². The Morgan fingerprint density at radius 1 is 1.36 bits per heavy atom. The van der Waals surface area contributed by atoms with Crippen molar-refractivity contribution in [1.29, 1.82) is 0 Å². The molecule has 0 bridgehead atoms. The van der Waals surface area contributed by atoms with Crippen LogP contribution in [0, 0.1) is 12.3 Å². The summed E-state index contributed by atoms with van der Waals surface area (Å²) in [5, 5.41) is 4.21. The molecule has 1 aliphatic heterocycles. The topological polar surface area (TPSA) is 41.9 Å². The molecule has 0 N–H and O–H groups in total. The van der Waals surface area contributed by atoms with Gasteiger partial charge < -0.3 is 9.74 Å². The number of hydrogen-bond acceptors (Lipinski definition) is 3. The van der Waals surface area contributed by atoms with Crippen molar-refractivity contribution in [2.45, 2.75) is 46.6 Å². The van der Waals surface area contributed by atoms with Gasteiger partial charge in [-0.25, -0.2) is 0 Å². The summed E-state index contributed by atoms with van der Waals surface area (Å²) in [6.45, 7) is 8.87. The van der Waals surface area contributed by atoms with Crippen molar-refractivity contribution in [3.8, 4) is 0 Å². The van der Waals surface area contributed by atoms with E-state index >= 15 is 0 Å². The van der Waals surface area contributed by atoms with E-state index in [0.29, 0.717) is 13.0 Å². The molecule has 4 nitrogen and oxygen atoms in total. The van der Waals surface area contributed by atoms with Gasteiger partial charge in [-0.2, -0.15) is 0 Å². The van der Waals surface area contributed by atoms with Gasteiger partial charge in [-0.1, -0.05) is 50.2 Å². The molecule has 2 rings (SSSR count). The summed E-state index contributed by atoms with van der Waals surface area (Å²) in [4.78, 5) is 19.5. The largest absolute Gasteiger partial charge is 0.390 e. The third-order valence-electron chi connectivity index (χ3n) is 3.77. The van der Waals surface area contributed by atoms with Crippen molar-refractivity contribution < 1.29 is 9.63 Å². The van der Waals surface area contributed by atoms with Crippen LogP contribution in [0.2, 0.25) is 0 Å². The van der Waals surface area contributed by atoms with E-state index in [1.807, 2.05) is 19.2 Å². The van der Waals surface area contributed by atoms with Crippen molar-refractivity contribution in [2.24, 2.45) is 10.6 Å². The molecule has 1 aliphatic rings. The van der Waals surface area contributed by atoms with Crippen LogP contribution in [0.3, 0.4) is 0 Å². The molecule has 0 spiro atoms. The Bertz CT molecular complexity index is 573. The number of carbonyl (C=O) groups is 1. The highest BCUT2D eigenvalue weighted by atomic mass is 16.6. The second-order valence-corrected chi connectivity index (χ2v) is 7.30. The quantitative estimate of drug-likeness (QED) is 0.855. The van der Waals surface area contributed by atoms with Gasteiger partial charge in [-0.15, -0.1) is 0 Å². The lowest BCUT2D eigenvalue weighted by atomic mass is 9.91. The molecule has 22 heavy (non-hydrogen) atoms. The minimum atomic E-state index is -0.0523. The number of hydrogen-bond donors (Lipinski definition) is 0. The van der Waals surface area contributed by atoms with Gasteiger partial charge in [0.15, 0.2) is 6.10 Å². The monoisotopic (exact) mass is 302 g/mol. The summed E-state index contributed by atoms with van der Waals surface area (Å²) >= 11 is 0. The second kappa shape index (κ2) is 6.51. The number of nitrogens with zero attached hydrogens (tertiary/aromatic N) is 2. The lowest BCUT2D eigenvalue weighted by molar-refractivity contribution is -0.133. The van der Waals surface area contributed by atoms with E-state index in [9.17, 15) is 4.79 Å². The van der Waals surface area contributed by atoms with Crippen LogP contribution in [0.1, 0.15) is 44.7 Å². The van der Waals surface area contributed by atoms with Gasteiger partial charge in [-0.05, 0) is 17.9 Å². The zero-order valence-electron chi connectivity index (χ0n) is 14.2. The molecule has 1 amide bonds. The summed E-state index contributed by atoms with van der Waals surface area (Å²) in [6, 6.07) is 8.17. The molecule has 0 saturated carbocycles. The van der Waals surface area contributed by atoms with Gasteiger partial charge in [0.2, 0.25) is 5.91 Å². The smallest absolute Gasteiger partial charge is 0.222 e. The molecule has 1 heterocycles. The fraction of sp³-hybridized carbons (Fsp3) is 0.556. The van der Waals surface area contributed by atoms with Crippen molar-refractivity contribution in [2.75, 3.05) is 13.6 Å². The molecule has 0 aliphatic carbocycles. The first-order valence-electron chi connectivity index (χ1n) is 7.79. The first-order valence-corrected chi connectivity index (χ1v) is 7.79. The van der Waals surface area contributed by atoms with Gasteiger partial charge in [0.25, 0.3) is 0 Å². The highest BCUT2D eigenvalue weighted by Crippen LogP contribution is 2.22. The van der Waals surface area contributed by atoms with Crippen molar-refractivity contribution >= 4 is 11.6 Å². The molecule has 1 aromatic carbocycles. The van der Waals surface area contributed by atoms with E-state index in [1.54, 1.807) is 4.90 Å². The highest BCUT2D eigenvalue weighted by molar-refractivity contribution is 6.02. The maximum Gasteiger partial charge on any atom is 0.222 e. The Balaban J connectivity index is 1.90. The Morgan fingerprint density at radius 3 is 2.68 bits per heavy atom. The number of aryl methyl sites for hydroxylation is 1. The molecule has 1 aromatic rings. The minimum Gasteiger partial charge on any atom is -0.390 e. The number of likely N-dealkylation sites (N-methyl/N-ethyl adjacent to an activating group) is 1. The SMILES string of the molecule is Cc1ccccc1C1=NOC(CN(C)C(=O)CC(C)(C)C)C1. The zero-order valence-corrected chi connectivity index (χ0v) is 14.2. The average Bonchev–Trinajstić information content (AvgIpc) is 2.85. The normalized spacial score (nSPS) is 17.9. The van der Waals surface area contributed by atoms with E-state index in [-0.39, 0.29) is 17.4 Å². The molecule has 1 atom stereocenters. The third-order valence-corrected chi connectivity index (χ3v) is 3.77. The summed E-state index contributed by atoms with van der Waals surface area (Å²) in [7, 11) is 1.84. The fourth-order valence-corrected chi connectivity index (χ4v) is 2.58. The third kappa shape index (κ3) is 4.33. The summed E-state index contributed by atoms with van der Waals surface area (Å²) in [5.41, 5.74) is 3.31. The van der Waals surface area contributed by atoms with E-state index in [2.05, 4.69) is 45.0 Å². The number of amides is 1. The maximum atomic E-state index is 12.2. The van der Waals surface area contributed by atoms with E-state index in [4.69, 9.17) is 4.84 Å². The molecule has 0 saturated heterocycles. The van der Waals surface area contributed by atoms with Gasteiger partial charge in [0, 0.05) is 25.5 Å². The molecule has 120 valence electrons. The Morgan fingerprint density at radius 2 is 2.05 bits per heavy atom. The molecule has 0 aromatic heterocycles. The molecular weight excluding hydrogens is 276 g/mol. The van der Waals surface area contributed by atoms with Gasteiger partial charge in [-0.3, -0.25) is 4.79 Å². The van der Waals surface area contributed by atoms with Crippen LogP contribution in [0.4, 0.5) is 0 Å². The van der Waals surface area contributed by atoms with Crippen LogP contribution in [-0.4, -0.2) is 36.2 Å². The van der Waals surface area contributed by atoms with E-state index in [1.165, 1.54) is 5.56 Å². The first-order chi connectivity index (χ1) is 10.3. The number of rotatable bonds is 4. The molecule has 0 radical (unpaired) electrons. The lowest BCUT2D eigenvalue weighted by Gasteiger charge is -2.24. The lowest BCUT2D eigenvalue weighted by Crippen LogP contribution is -2.36. The van der Waals surface area contributed by atoms with Crippen LogP contribution < -0.4 is 0 Å². The first kappa shape index (κ1) is 16.5. The van der Waals surface area contributed by atoms with Crippen molar-refractivity contribution in [3.63, 3.8) is 0 Å². The van der Waals surface area contributed by atoms with Crippen molar-refractivity contribution in [1.82, 2.24) is 4.90 Å². The summed E-state index contributed by atoms with van der Waals surface area (Å²) in [6.07, 6.45) is 1.24. The van der Waals surface area contributed by atoms with Crippen LogP contribution in [-0.2, 0) is 9.63 Å². The summed E-state index contributed by atoms with van der Waals surface area (Å²) in [5.74, 6) is 0.153. The number of oxime groups is 1. The second-order valence-electron chi connectivity index (χ2n) is 7.30. The fourth-order valence-electron chi connectivity index (χ4n) is 2.58. The van der Waals surface area contributed by atoms with Crippen LogP contribution in [0.25, 0.3) is 0 Å². The molecule has 4 heteroatoms. The Hall–Kier alpha value is -1.84. The highest BCUT2D eigenvalue weighted by Gasteiger charge is 2.27. The summed E-state index contributed by atoms with van der Waals surface area (Å²) < 4.78 is 0. The van der Waals surface area contributed by atoms with Crippen LogP contribution in [0.15, 0.2) is 29.4 Å². The van der Waals surface area contributed by atoms with Crippen LogP contribution in [0.5, 0.6) is 0 Å². The molecule has 0 fully saturated rings. The molecular formula is C18H26N2O2. The van der Waals surface area contributed by atoms with Gasteiger partial charge >= 0.3 is 0 Å². The number of benzene rings is 1. The maximum absolute atomic E-state index is 12.2. The molecule has 1 unspecified atom stereocenters. The van der Waals surface area contributed by atoms with Crippen molar-refractivity contribution in [3.05, 3.63) is 35.4 Å².